The molecule has 0 amide bonds. The van der Waals surface area contributed by atoms with Gasteiger partial charge in [0, 0.05) is 12.6 Å². The van der Waals surface area contributed by atoms with E-state index in [0.29, 0.717) is 6.61 Å². The largest absolute Gasteiger partial charge is 0.492 e. The first-order chi connectivity index (χ1) is 7.65. The van der Waals surface area contributed by atoms with Gasteiger partial charge in [0.25, 0.3) is 0 Å². The third kappa shape index (κ3) is 2.85. The van der Waals surface area contributed by atoms with Gasteiger partial charge in [-0.1, -0.05) is 0 Å². The Morgan fingerprint density at radius 3 is 3.00 bits per heavy atom. The molecule has 2 rings (SSSR count). The van der Waals surface area contributed by atoms with E-state index in [1.807, 2.05) is 32.3 Å². The molecule has 0 spiro atoms. The molecule has 0 aliphatic heterocycles. The molecule has 0 aliphatic rings. The van der Waals surface area contributed by atoms with Crippen LogP contribution in [0.2, 0.25) is 0 Å². The van der Waals surface area contributed by atoms with Crippen LogP contribution in [0, 0.1) is 3.83 Å². The fourth-order valence-electron chi connectivity index (χ4n) is 1.39. The van der Waals surface area contributed by atoms with Gasteiger partial charge >= 0.3 is 0 Å². The smallest absolute Gasteiger partial charge is 0.169 e. The first-order valence-corrected chi connectivity index (χ1v) is 6.16. The lowest BCUT2D eigenvalue weighted by Crippen LogP contribution is -2.19. The highest BCUT2D eigenvalue weighted by Crippen LogP contribution is 2.19. The van der Waals surface area contributed by atoms with E-state index in [1.54, 1.807) is 0 Å². The van der Waals surface area contributed by atoms with Crippen LogP contribution in [0.4, 0.5) is 0 Å². The Kier molecular flexibility index (Phi) is 3.65. The summed E-state index contributed by atoms with van der Waals surface area (Å²) in [5, 5.41) is 0. The Morgan fingerprint density at radius 2 is 2.25 bits per heavy atom. The summed E-state index contributed by atoms with van der Waals surface area (Å²) in [6.07, 6.45) is 0. The van der Waals surface area contributed by atoms with Crippen LogP contribution in [0.25, 0.3) is 11.0 Å². The zero-order valence-electron chi connectivity index (χ0n) is 9.33. The number of H-pyrrole nitrogens is 1. The number of aromatic nitrogens is 2. The first-order valence-electron chi connectivity index (χ1n) is 5.08. The number of hydrogen-bond acceptors (Lipinski definition) is 3. The van der Waals surface area contributed by atoms with Crippen LogP contribution in [0.15, 0.2) is 18.2 Å². The molecular weight excluding hydrogens is 317 g/mol. The summed E-state index contributed by atoms with van der Waals surface area (Å²) in [6.45, 7) is 1.61. The van der Waals surface area contributed by atoms with Gasteiger partial charge in [-0.05, 0) is 48.8 Å². The van der Waals surface area contributed by atoms with Crippen molar-refractivity contribution >= 4 is 33.6 Å². The van der Waals surface area contributed by atoms with Crippen molar-refractivity contribution in [1.29, 1.82) is 0 Å². The lowest BCUT2D eigenvalue weighted by molar-refractivity contribution is 0.261. The zero-order valence-corrected chi connectivity index (χ0v) is 11.5. The van der Waals surface area contributed by atoms with Gasteiger partial charge in [0.15, 0.2) is 3.83 Å². The molecule has 5 heteroatoms. The van der Waals surface area contributed by atoms with Crippen molar-refractivity contribution in [3.63, 3.8) is 0 Å². The number of fused-ring (bicyclic) bond motifs is 1. The Hall–Kier alpha value is -0.820. The molecule has 1 aromatic heterocycles. The van der Waals surface area contributed by atoms with E-state index < -0.39 is 0 Å². The minimum atomic E-state index is 0.698. The lowest BCUT2D eigenvalue weighted by Gasteiger charge is -2.10. The van der Waals surface area contributed by atoms with Gasteiger partial charge in [0.2, 0.25) is 0 Å². The van der Waals surface area contributed by atoms with E-state index in [-0.39, 0.29) is 0 Å². The van der Waals surface area contributed by atoms with Crippen molar-refractivity contribution in [1.82, 2.24) is 14.9 Å². The lowest BCUT2D eigenvalue weighted by atomic mass is 10.3. The number of benzene rings is 1. The van der Waals surface area contributed by atoms with Crippen LogP contribution in [0.1, 0.15) is 0 Å². The van der Waals surface area contributed by atoms with Crippen LogP contribution >= 0.6 is 22.6 Å². The molecule has 2 aromatic rings. The second-order valence-corrected chi connectivity index (χ2v) is 4.88. The number of hydrogen-bond donors (Lipinski definition) is 1. The number of ether oxygens (including phenoxy) is 1. The molecule has 0 bridgehead atoms. The number of imidazole rings is 1. The summed E-state index contributed by atoms with van der Waals surface area (Å²) >= 11 is 2.17. The minimum Gasteiger partial charge on any atom is -0.492 e. The Labute approximate surface area is 108 Å². The molecule has 0 radical (unpaired) electrons. The van der Waals surface area contributed by atoms with E-state index in [0.717, 1.165) is 27.2 Å². The zero-order chi connectivity index (χ0) is 11.5. The monoisotopic (exact) mass is 331 g/mol. The molecule has 0 saturated heterocycles. The highest BCUT2D eigenvalue weighted by Gasteiger charge is 2.02. The van der Waals surface area contributed by atoms with Crippen LogP contribution in [0.3, 0.4) is 0 Å². The third-order valence-electron chi connectivity index (χ3n) is 2.23. The van der Waals surface area contributed by atoms with E-state index in [1.165, 1.54) is 0 Å². The van der Waals surface area contributed by atoms with Crippen molar-refractivity contribution in [2.24, 2.45) is 0 Å². The molecule has 0 fully saturated rings. The second-order valence-electron chi connectivity index (χ2n) is 3.86. The van der Waals surface area contributed by atoms with Gasteiger partial charge in [-0.25, -0.2) is 4.98 Å². The normalized spacial score (nSPS) is 11.2. The molecular formula is C11H14IN3O. The molecule has 0 aliphatic carbocycles. The highest BCUT2D eigenvalue weighted by molar-refractivity contribution is 14.1. The van der Waals surface area contributed by atoms with Crippen molar-refractivity contribution < 1.29 is 4.74 Å². The average molecular weight is 331 g/mol. The summed E-state index contributed by atoms with van der Waals surface area (Å²) in [5.41, 5.74) is 2.00. The standard InChI is InChI=1S/C11H14IN3O/c1-15(2)5-6-16-8-3-4-9-10(7-8)14-11(12)13-9/h3-4,7H,5-6H2,1-2H3,(H,13,14). The van der Waals surface area contributed by atoms with Gasteiger partial charge in [-0.15, -0.1) is 0 Å². The number of likely N-dealkylation sites (N-methyl/N-ethyl adjacent to an activating group) is 1. The molecule has 4 nitrogen and oxygen atoms in total. The molecule has 0 unspecified atom stereocenters. The fraction of sp³-hybridized carbons (Fsp3) is 0.364. The number of halogens is 1. The maximum atomic E-state index is 5.64. The van der Waals surface area contributed by atoms with Gasteiger partial charge in [-0.3, -0.25) is 0 Å². The molecule has 0 saturated carbocycles. The highest BCUT2D eigenvalue weighted by atomic mass is 127. The van der Waals surface area contributed by atoms with E-state index in [4.69, 9.17) is 4.74 Å². The predicted molar refractivity (Wildman–Crippen MR) is 72.9 cm³/mol. The maximum absolute atomic E-state index is 5.64. The molecule has 1 heterocycles. The van der Waals surface area contributed by atoms with Crippen LogP contribution in [-0.4, -0.2) is 42.1 Å². The van der Waals surface area contributed by atoms with Crippen LogP contribution < -0.4 is 4.74 Å². The van der Waals surface area contributed by atoms with E-state index >= 15 is 0 Å². The van der Waals surface area contributed by atoms with Crippen LogP contribution in [-0.2, 0) is 0 Å². The summed E-state index contributed by atoms with van der Waals surface area (Å²) in [4.78, 5) is 9.61. The quantitative estimate of drug-likeness (QED) is 0.873. The first kappa shape index (κ1) is 11.7. The molecule has 86 valence electrons. The summed E-state index contributed by atoms with van der Waals surface area (Å²) in [6, 6.07) is 5.91. The number of aromatic amines is 1. The Bertz CT molecular complexity index is 481. The summed E-state index contributed by atoms with van der Waals surface area (Å²) in [5.74, 6) is 0.884. The van der Waals surface area contributed by atoms with Crippen molar-refractivity contribution in [2.45, 2.75) is 0 Å². The molecule has 16 heavy (non-hydrogen) atoms. The molecule has 0 atom stereocenters. The van der Waals surface area contributed by atoms with Crippen molar-refractivity contribution in [3.05, 3.63) is 22.0 Å². The minimum absolute atomic E-state index is 0.698. The number of rotatable bonds is 4. The van der Waals surface area contributed by atoms with Gasteiger partial charge < -0.3 is 14.6 Å². The average Bonchev–Trinajstić information content (AvgIpc) is 2.56. The number of nitrogens with one attached hydrogen (secondary N) is 1. The molecule has 1 N–H and O–H groups in total. The van der Waals surface area contributed by atoms with Gasteiger partial charge in [-0.2, -0.15) is 0 Å². The summed E-state index contributed by atoms with van der Waals surface area (Å²) in [7, 11) is 4.06. The Balaban J connectivity index is 2.07. The van der Waals surface area contributed by atoms with E-state index in [9.17, 15) is 0 Å². The van der Waals surface area contributed by atoms with Crippen molar-refractivity contribution in [3.8, 4) is 5.75 Å². The number of nitrogens with zero attached hydrogens (tertiary/aromatic N) is 2. The fourth-order valence-corrected chi connectivity index (χ4v) is 1.94. The van der Waals surface area contributed by atoms with Crippen molar-refractivity contribution in [2.75, 3.05) is 27.2 Å². The predicted octanol–water partition coefficient (Wildman–Crippen LogP) is 2.11. The second kappa shape index (κ2) is 5.01. The summed E-state index contributed by atoms with van der Waals surface area (Å²) < 4.78 is 6.54. The van der Waals surface area contributed by atoms with E-state index in [2.05, 4.69) is 37.5 Å². The third-order valence-corrected chi connectivity index (χ3v) is 2.74. The topological polar surface area (TPSA) is 41.1 Å². The van der Waals surface area contributed by atoms with Gasteiger partial charge in [0.05, 0.1) is 11.0 Å². The SMILES string of the molecule is CN(C)CCOc1ccc2nc(I)[nH]c2c1. The van der Waals surface area contributed by atoms with Gasteiger partial charge in [0.1, 0.15) is 12.4 Å². The molecule has 1 aromatic carbocycles. The van der Waals surface area contributed by atoms with Crippen LogP contribution in [0.5, 0.6) is 5.75 Å². The maximum Gasteiger partial charge on any atom is 0.169 e. The Morgan fingerprint density at radius 1 is 1.44 bits per heavy atom.